The zero-order valence-electron chi connectivity index (χ0n) is 18.2. The molecule has 1 amide bonds. The summed E-state index contributed by atoms with van der Waals surface area (Å²) in [5.74, 6) is -0.317. The van der Waals surface area contributed by atoms with Crippen molar-refractivity contribution in [2.24, 2.45) is 5.92 Å². The summed E-state index contributed by atoms with van der Waals surface area (Å²) in [6.45, 7) is 0.744. The van der Waals surface area contributed by atoms with Crippen molar-refractivity contribution in [3.05, 3.63) is 41.4 Å². The predicted octanol–water partition coefficient (Wildman–Crippen LogP) is 4.37. The van der Waals surface area contributed by atoms with Gasteiger partial charge in [-0.3, -0.25) is 4.79 Å². The standard InChI is InChI=1S/C23H30N2O5S2/c1-32(27,28)18-10-8-16(9-11-18)19(22(26)25-23-24-12-14-31-23)15-17-5-4-6-20(17)30-21-7-2-3-13-29-21/h8-12,14,17,19-21H,2-7,13,15H2,1H3,(H,24,25,26). The number of hydrogen-bond acceptors (Lipinski definition) is 7. The quantitative estimate of drug-likeness (QED) is 0.605. The minimum Gasteiger partial charge on any atom is -0.353 e. The third-order valence-corrected chi connectivity index (χ3v) is 8.10. The largest absolute Gasteiger partial charge is 0.353 e. The number of nitrogens with one attached hydrogen (secondary N) is 1. The Morgan fingerprint density at radius 1 is 1.22 bits per heavy atom. The van der Waals surface area contributed by atoms with Gasteiger partial charge < -0.3 is 14.8 Å². The second kappa shape index (κ2) is 10.4. The van der Waals surface area contributed by atoms with Gasteiger partial charge in [0.2, 0.25) is 5.91 Å². The van der Waals surface area contributed by atoms with Gasteiger partial charge in [0.15, 0.2) is 21.3 Å². The van der Waals surface area contributed by atoms with E-state index in [0.29, 0.717) is 11.6 Å². The fraction of sp³-hybridized carbons (Fsp3) is 0.565. The maximum Gasteiger partial charge on any atom is 0.233 e. The molecule has 1 aliphatic carbocycles. The fourth-order valence-corrected chi connectivity index (χ4v) is 5.75. The van der Waals surface area contributed by atoms with Gasteiger partial charge >= 0.3 is 0 Å². The van der Waals surface area contributed by atoms with Crippen molar-refractivity contribution in [2.75, 3.05) is 18.2 Å². The number of aromatic nitrogens is 1. The summed E-state index contributed by atoms with van der Waals surface area (Å²) in [4.78, 5) is 17.7. The third-order valence-electron chi connectivity index (χ3n) is 6.28. The van der Waals surface area contributed by atoms with E-state index in [1.165, 1.54) is 17.6 Å². The maximum atomic E-state index is 13.2. The second-order valence-corrected chi connectivity index (χ2v) is 11.5. The smallest absolute Gasteiger partial charge is 0.233 e. The van der Waals surface area contributed by atoms with Crippen molar-refractivity contribution >= 4 is 32.2 Å². The summed E-state index contributed by atoms with van der Waals surface area (Å²) in [7, 11) is -3.30. The van der Waals surface area contributed by atoms with E-state index < -0.39 is 15.8 Å². The number of hydrogen-bond donors (Lipinski definition) is 1. The van der Waals surface area contributed by atoms with Crippen molar-refractivity contribution in [1.29, 1.82) is 0 Å². The van der Waals surface area contributed by atoms with Gasteiger partial charge in [0.05, 0.1) is 16.9 Å². The van der Waals surface area contributed by atoms with Gasteiger partial charge in [-0.05, 0) is 62.1 Å². The molecule has 1 aromatic heterocycles. The lowest BCUT2D eigenvalue weighted by Crippen LogP contribution is -2.32. The second-order valence-electron chi connectivity index (χ2n) is 8.62. The number of carbonyl (C=O) groups is 1. The van der Waals surface area contributed by atoms with Crippen molar-refractivity contribution in [3.63, 3.8) is 0 Å². The Labute approximate surface area is 193 Å². The molecule has 0 spiro atoms. The first-order valence-electron chi connectivity index (χ1n) is 11.2. The Balaban J connectivity index is 1.52. The molecule has 4 rings (SSSR count). The van der Waals surface area contributed by atoms with Crippen molar-refractivity contribution < 1.29 is 22.7 Å². The molecule has 7 nitrogen and oxygen atoms in total. The van der Waals surface area contributed by atoms with Gasteiger partial charge in [0.1, 0.15) is 0 Å². The number of rotatable bonds is 8. The number of ether oxygens (including phenoxy) is 2. The number of anilines is 1. The average Bonchev–Trinajstić information content (AvgIpc) is 3.44. The molecule has 2 heterocycles. The molecule has 1 aliphatic heterocycles. The molecule has 9 heteroatoms. The molecule has 1 saturated carbocycles. The van der Waals surface area contributed by atoms with E-state index in [2.05, 4.69) is 10.3 Å². The van der Waals surface area contributed by atoms with E-state index >= 15 is 0 Å². The van der Waals surface area contributed by atoms with Crippen LogP contribution in [0.5, 0.6) is 0 Å². The molecule has 2 aliphatic rings. The summed E-state index contributed by atoms with van der Waals surface area (Å²) >= 11 is 1.37. The number of sulfone groups is 1. The van der Waals surface area contributed by atoms with Crippen molar-refractivity contribution in [1.82, 2.24) is 4.98 Å². The summed E-state index contributed by atoms with van der Waals surface area (Å²) in [5.41, 5.74) is 0.797. The Morgan fingerprint density at radius 2 is 2.03 bits per heavy atom. The van der Waals surface area contributed by atoms with Crippen LogP contribution in [0.3, 0.4) is 0 Å². The Bertz CT molecular complexity index is 986. The lowest BCUT2D eigenvalue weighted by Gasteiger charge is -2.30. The molecule has 174 valence electrons. The third kappa shape index (κ3) is 5.95. The molecule has 32 heavy (non-hydrogen) atoms. The van der Waals surface area contributed by atoms with Gasteiger partial charge in [-0.1, -0.05) is 18.6 Å². The highest BCUT2D eigenvalue weighted by Crippen LogP contribution is 2.38. The summed E-state index contributed by atoms with van der Waals surface area (Å²) < 4.78 is 35.8. The lowest BCUT2D eigenvalue weighted by atomic mass is 9.86. The van der Waals surface area contributed by atoms with Crippen LogP contribution in [-0.2, 0) is 24.1 Å². The first kappa shape index (κ1) is 23.4. The first-order valence-corrected chi connectivity index (χ1v) is 13.9. The number of thiazole rings is 1. The number of benzene rings is 1. The zero-order valence-corrected chi connectivity index (χ0v) is 19.9. The van der Waals surface area contributed by atoms with E-state index in [0.717, 1.165) is 50.7 Å². The van der Waals surface area contributed by atoms with E-state index in [-0.39, 0.29) is 29.1 Å². The fourth-order valence-electron chi connectivity index (χ4n) is 4.59. The molecule has 1 N–H and O–H groups in total. The minimum atomic E-state index is -3.30. The molecule has 4 unspecified atom stereocenters. The number of amides is 1. The SMILES string of the molecule is CS(=O)(=O)c1ccc(C(CC2CCCC2OC2CCCCO2)C(=O)Nc2nccs2)cc1. The van der Waals surface area contributed by atoms with Crippen LogP contribution in [0.2, 0.25) is 0 Å². The average molecular weight is 479 g/mol. The highest BCUT2D eigenvalue weighted by Gasteiger charge is 2.35. The topological polar surface area (TPSA) is 94.6 Å². The van der Waals surface area contributed by atoms with Crippen molar-refractivity contribution in [2.45, 2.75) is 68.2 Å². The van der Waals surface area contributed by atoms with Gasteiger partial charge in [0, 0.05) is 24.4 Å². The Morgan fingerprint density at radius 3 is 2.69 bits per heavy atom. The number of nitrogens with zero attached hydrogens (tertiary/aromatic N) is 1. The lowest BCUT2D eigenvalue weighted by molar-refractivity contribution is -0.194. The minimum absolute atomic E-state index is 0.0727. The highest BCUT2D eigenvalue weighted by molar-refractivity contribution is 7.90. The van der Waals surface area contributed by atoms with Gasteiger partial charge in [0.25, 0.3) is 0 Å². The Hall–Kier alpha value is -1.81. The Kier molecular flexibility index (Phi) is 7.60. The van der Waals surface area contributed by atoms with Crippen LogP contribution in [0, 0.1) is 5.92 Å². The van der Waals surface area contributed by atoms with Crippen LogP contribution >= 0.6 is 11.3 Å². The van der Waals surface area contributed by atoms with Crippen molar-refractivity contribution in [3.8, 4) is 0 Å². The van der Waals surface area contributed by atoms with E-state index in [1.54, 1.807) is 30.5 Å². The molecular formula is C23H30N2O5S2. The number of carbonyl (C=O) groups excluding carboxylic acids is 1. The van der Waals surface area contributed by atoms with E-state index in [9.17, 15) is 13.2 Å². The first-order chi connectivity index (χ1) is 15.4. The van der Waals surface area contributed by atoms with Crippen LogP contribution in [-0.4, -0.2) is 44.6 Å². The van der Waals surface area contributed by atoms with E-state index in [1.807, 2.05) is 5.38 Å². The normalized spacial score (nSPS) is 24.8. The summed E-state index contributed by atoms with van der Waals surface area (Å²) in [6, 6.07) is 6.65. The molecule has 1 saturated heterocycles. The molecule has 1 aromatic carbocycles. The molecule has 0 bridgehead atoms. The van der Waals surface area contributed by atoms with Crippen LogP contribution < -0.4 is 5.32 Å². The highest BCUT2D eigenvalue weighted by atomic mass is 32.2. The monoisotopic (exact) mass is 478 g/mol. The summed E-state index contributed by atoms with van der Waals surface area (Å²) in [5, 5.41) is 5.29. The zero-order chi connectivity index (χ0) is 22.6. The van der Waals surface area contributed by atoms with Gasteiger partial charge in [-0.25, -0.2) is 13.4 Å². The van der Waals surface area contributed by atoms with Crippen LogP contribution in [0.25, 0.3) is 0 Å². The molecule has 2 aromatic rings. The molecule has 2 fully saturated rings. The maximum absolute atomic E-state index is 13.2. The molecular weight excluding hydrogens is 448 g/mol. The molecule has 4 atom stereocenters. The van der Waals surface area contributed by atoms with E-state index in [4.69, 9.17) is 9.47 Å². The van der Waals surface area contributed by atoms with Gasteiger partial charge in [-0.15, -0.1) is 11.3 Å². The predicted molar refractivity (Wildman–Crippen MR) is 123 cm³/mol. The van der Waals surface area contributed by atoms with Gasteiger partial charge in [-0.2, -0.15) is 0 Å². The summed E-state index contributed by atoms with van der Waals surface area (Å²) in [6.07, 6.45) is 9.55. The molecule has 0 radical (unpaired) electrons. The van der Waals surface area contributed by atoms with Crippen LogP contribution in [0.1, 0.15) is 56.4 Å². The van der Waals surface area contributed by atoms with Crippen LogP contribution in [0.15, 0.2) is 40.7 Å². The van der Waals surface area contributed by atoms with Crippen LogP contribution in [0.4, 0.5) is 5.13 Å².